The van der Waals surface area contributed by atoms with Crippen molar-refractivity contribution in [1.29, 1.82) is 0 Å². The van der Waals surface area contributed by atoms with Crippen molar-refractivity contribution in [2.24, 2.45) is 5.92 Å². The van der Waals surface area contributed by atoms with Crippen molar-refractivity contribution in [3.63, 3.8) is 0 Å². The Morgan fingerprint density at radius 1 is 1.06 bits per heavy atom. The Labute approximate surface area is 113 Å². The first-order valence-electron chi connectivity index (χ1n) is 7.43. The summed E-state index contributed by atoms with van der Waals surface area (Å²) in [5.41, 5.74) is 0. The number of esters is 1. The van der Waals surface area contributed by atoms with Gasteiger partial charge in [0, 0.05) is 12.6 Å². The van der Waals surface area contributed by atoms with Crippen LogP contribution in [0.1, 0.15) is 60.8 Å². The maximum atomic E-state index is 12.1. The van der Waals surface area contributed by atoms with Gasteiger partial charge in [-0.15, -0.1) is 0 Å². The minimum atomic E-state index is -0.0859. The van der Waals surface area contributed by atoms with Crippen LogP contribution >= 0.6 is 0 Å². The second-order valence-electron chi connectivity index (χ2n) is 5.24. The first-order valence-corrected chi connectivity index (χ1v) is 7.43. The summed E-state index contributed by atoms with van der Waals surface area (Å²) in [6, 6.07) is 0.388. The molecule has 3 heteroatoms. The maximum absolute atomic E-state index is 12.1. The molecular weight excluding hydrogens is 226 g/mol. The lowest BCUT2D eigenvalue weighted by atomic mass is 10.0. The van der Waals surface area contributed by atoms with Gasteiger partial charge in [0.1, 0.15) is 6.04 Å². The second-order valence-corrected chi connectivity index (χ2v) is 5.24. The molecule has 108 valence electrons. The molecule has 0 aromatic heterocycles. The molecule has 0 spiro atoms. The number of rotatable bonds is 9. The summed E-state index contributed by atoms with van der Waals surface area (Å²) >= 11 is 0. The van der Waals surface area contributed by atoms with Crippen molar-refractivity contribution >= 4 is 5.97 Å². The molecule has 0 saturated carbocycles. The van der Waals surface area contributed by atoms with Crippen LogP contribution in [0.2, 0.25) is 0 Å². The number of hydrogen-bond acceptors (Lipinski definition) is 3. The third kappa shape index (κ3) is 5.38. The Morgan fingerprint density at radius 3 is 1.94 bits per heavy atom. The molecule has 0 aliphatic heterocycles. The van der Waals surface area contributed by atoms with E-state index in [-0.39, 0.29) is 12.0 Å². The van der Waals surface area contributed by atoms with E-state index in [1.54, 1.807) is 0 Å². The van der Waals surface area contributed by atoms with Crippen LogP contribution in [0.5, 0.6) is 0 Å². The second kappa shape index (κ2) is 9.37. The minimum Gasteiger partial charge on any atom is -0.465 e. The molecule has 0 amide bonds. The van der Waals surface area contributed by atoms with Gasteiger partial charge in [0.25, 0.3) is 0 Å². The van der Waals surface area contributed by atoms with Gasteiger partial charge in [-0.1, -0.05) is 34.6 Å². The van der Waals surface area contributed by atoms with Crippen LogP contribution in [0.3, 0.4) is 0 Å². The molecule has 3 nitrogen and oxygen atoms in total. The van der Waals surface area contributed by atoms with Gasteiger partial charge in [-0.05, 0) is 32.1 Å². The number of carbonyl (C=O) groups is 1. The van der Waals surface area contributed by atoms with Gasteiger partial charge in [-0.2, -0.15) is 0 Å². The Hall–Kier alpha value is -0.570. The van der Waals surface area contributed by atoms with Gasteiger partial charge < -0.3 is 4.74 Å². The Kier molecular flexibility index (Phi) is 9.08. The Bertz CT molecular complexity index is 225. The molecule has 1 unspecified atom stereocenters. The van der Waals surface area contributed by atoms with Gasteiger partial charge in [0.15, 0.2) is 0 Å². The van der Waals surface area contributed by atoms with Gasteiger partial charge in [-0.3, -0.25) is 9.69 Å². The molecule has 0 aromatic rings. The fourth-order valence-corrected chi connectivity index (χ4v) is 2.49. The minimum absolute atomic E-state index is 0.0625. The van der Waals surface area contributed by atoms with Crippen LogP contribution < -0.4 is 0 Å². The van der Waals surface area contributed by atoms with Gasteiger partial charge in [-0.25, -0.2) is 0 Å². The summed E-state index contributed by atoms with van der Waals surface area (Å²) in [5.74, 6) is 0.502. The number of hydrogen-bond donors (Lipinski definition) is 0. The Morgan fingerprint density at radius 2 is 1.61 bits per heavy atom. The molecule has 0 bridgehead atoms. The molecule has 18 heavy (non-hydrogen) atoms. The van der Waals surface area contributed by atoms with Crippen LogP contribution in [-0.2, 0) is 9.53 Å². The van der Waals surface area contributed by atoms with Crippen LogP contribution in [0.4, 0.5) is 0 Å². The van der Waals surface area contributed by atoms with Crippen LogP contribution in [-0.4, -0.2) is 36.1 Å². The fourth-order valence-electron chi connectivity index (χ4n) is 2.49. The van der Waals surface area contributed by atoms with E-state index in [0.717, 1.165) is 25.8 Å². The molecule has 0 saturated heterocycles. The molecule has 0 aliphatic carbocycles. The van der Waals surface area contributed by atoms with E-state index in [1.165, 1.54) is 0 Å². The normalized spacial score (nSPS) is 13.4. The zero-order valence-corrected chi connectivity index (χ0v) is 13.0. The van der Waals surface area contributed by atoms with E-state index in [1.807, 2.05) is 6.92 Å². The summed E-state index contributed by atoms with van der Waals surface area (Å²) in [6.07, 6.45) is 2.99. The van der Waals surface area contributed by atoms with Crippen molar-refractivity contribution in [3.8, 4) is 0 Å². The lowest BCUT2D eigenvalue weighted by Gasteiger charge is -2.36. The van der Waals surface area contributed by atoms with E-state index in [4.69, 9.17) is 4.74 Å². The predicted molar refractivity (Wildman–Crippen MR) is 76.6 cm³/mol. The maximum Gasteiger partial charge on any atom is 0.323 e. The quantitative estimate of drug-likeness (QED) is 0.592. The van der Waals surface area contributed by atoms with E-state index in [0.29, 0.717) is 18.6 Å². The third-order valence-electron chi connectivity index (χ3n) is 3.33. The SMILES string of the molecule is CCOC(=O)C(CC)N(CC(C)C)C(CC)CC. The lowest BCUT2D eigenvalue weighted by Crippen LogP contribution is -2.49. The average Bonchev–Trinajstić information content (AvgIpc) is 2.31. The fraction of sp³-hybridized carbons (Fsp3) is 0.933. The number of carbonyl (C=O) groups excluding carboxylic acids is 1. The third-order valence-corrected chi connectivity index (χ3v) is 3.33. The average molecular weight is 257 g/mol. The summed E-state index contributed by atoms with van der Waals surface area (Å²) in [6.45, 7) is 14.2. The van der Waals surface area contributed by atoms with E-state index < -0.39 is 0 Å². The van der Waals surface area contributed by atoms with E-state index in [2.05, 4.69) is 39.5 Å². The Balaban J connectivity index is 4.92. The van der Waals surface area contributed by atoms with Crippen molar-refractivity contribution in [3.05, 3.63) is 0 Å². The topological polar surface area (TPSA) is 29.5 Å². The van der Waals surface area contributed by atoms with Crippen molar-refractivity contribution in [2.45, 2.75) is 72.9 Å². The molecular formula is C15H31NO2. The summed E-state index contributed by atoms with van der Waals surface area (Å²) in [5, 5.41) is 0. The van der Waals surface area contributed by atoms with Crippen molar-refractivity contribution in [1.82, 2.24) is 4.90 Å². The van der Waals surface area contributed by atoms with E-state index >= 15 is 0 Å². The molecule has 0 N–H and O–H groups in total. The highest BCUT2D eigenvalue weighted by Crippen LogP contribution is 2.18. The van der Waals surface area contributed by atoms with Gasteiger partial charge >= 0.3 is 5.97 Å². The summed E-state index contributed by atoms with van der Waals surface area (Å²) in [7, 11) is 0. The number of nitrogens with zero attached hydrogens (tertiary/aromatic N) is 1. The standard InChI is InChI=1S/C15H31NO2/c1-7-13(8-2)16(11-12(5)6)14(9-3)15(17)18-10-4/h12-14H,7-11H2,1-6H3. The van der Waals surface area contributed by atoms with Crippen LogP contribution in [0.15, 0.2) is 0 Å². The molecule has 0 fully saturated rings. The highest BCUT2D eigenvalue weighted by atomic mass is 16.5. The molecule has 0 heterocycles. The first kappa shape index (κ1) is 17.4. The lowest BCUT2D eigenvalue weighted by molar-refractivity contribution is -0.151. The highest BCUT2D eigenvalue weighted by Gasteiger charge is 2.29. The predicted octanol–water partition coefficient (Wildman–Crippen LogP) is 3.47. The van der Waals surface area contributed by atoms with E-state index in [9.17, 15) is 4.79 Å². The largest absolute Gasteiger partial charge is 0.465 e. The van der Waals surface area contributed by atoms with Crippen LogP contribution in [0, 0.1) is 5.92 Å². The van der Waals surface area contributed by atoms with Gasteiger partial charge in [0.05, 0.1) is 6.61 Å². The monoisotopic (exact) mass is 257 g/mol. The first-order chi connectivity index (χ1) is 8.51. The van der Waals surface area contributed by atoms with Crippen molar-refractivity contribution in [2.75, 3.05) is 13.2 Å². The molecule has 1 atom stereocenters. The molecule has 0 rings (SSSR count). The zero-order chi connectivity index (χ0) is 14.1. The smallest absolute Gasteiger partial charge is 0.323 e. The summed E-state index contributed by atoms with van der Waals surface area (Å²) in [4.78, 5) is 14.4. The summed E-state index contributed by atoms with van der Waals surface area (Å²) < 4.78 is 5.22. The zero-order valence-electron chi connectivity index (χ0n) is 13.0. The van der Waals surface area contributed by atoms with Gasteiger partial charge in [0.2, 0.25) is 0 Å². The molecule has 0 aromatic carbocycles. The molecule has 0 aliphatic rings. The molecule has 0 radical (unpaired) electrons. The number of ether oxygens (including phenoxy) is 1. The van der Waals surface area contributed by atoms with Crippen molar-refractivity contribution < 1.29 is 9.53 Å². The van der Waals surface area contributed by atoms with Crippen LogP contribution in [0.25, 0.3) is 0 Å². The highest BCUT2D eigenvalue weighted by molar-refractivity contribution is 5.75.